The molecule has 0 aliphatic rings. The fourth-order valence-corrected chi connectivity index (χ4v) is 1.94. The highest BCUT2D eigenvalue weighted by atomic mass is 16.2. The van der Waals surface area contributed by atoms with Gasteiger partial charge >= 0.3 is 6.03 Å². The Labute approximate surface area is 134 Å². The molecule has 0 aliphatic heterocycles. The van der Waals surface area contributed by atoms with Crippen molar-refractivity contribution in [2.24, 2.45) is 0 Å². The van der Waals surface area contributed by atoms with Crippen LogP contribution in [-0.4, -0.2) is 45.9 Å². The topological polar surface area (TPSA) is 92.2 Å². The summed E-state index contributed by atoms with van der Waals surface area (Å²) in [5.74, 6) is 0.0896. The van der Waals surface area contributed by atoms with Crippen molar-refractivity contribution in [2.45, 2.75) is 19.9 Å². The Bertz CT molecular complexity index is 695. The molecule has 0 aliphatic carbocycles. The van der Waals surface area contributed by atoms with E-state index in [-0.39, 0.29) is 18.5 Å². The SMILES string of the molecule is CCc1ccccc1NC(=O)Cn1cc(NC(=O)N(C)C)nn1. The van der Waals surface area contributed by atoms with Gasteiger partial charge in [-0.2, -0.15) is 0 Å². The van der Waals surface area contributed by atoms with E-state index in [1.807, 2.05) is 31.2 Å². The van der Waals surface area contributed by atoms with Crippen LogP contribution in [0.1, 0.15) is 12.5 Å². The maximum Gasteiger partial charge on any atom is 0.322 e. The van der Waals surface area contributed by atoms with Gasteiger partial charge in [-0.3, -0.25) is 10.1 Å². The molecule has 1 aromatic heterocycles. The number of rotatable bonds is 5. The predicted octanol–water partition coefficient (Wildman–Crippen LogP) is 1.57. The number of para-hydroxylation sites is 1. The lowest BCUT2D eigenvalue weighted by Crippen LogP contribution is -2.27. The van der Waals surface area contributed by atoms with Crippen molar-refractivity contribution in [2.75, 3.05) is 24.7 Å². The molecule has 0 saturated heterocycles. The van der Waals surface area contributed by atoms with Crippen LogP contribution in [0.2, 0.25) is 0 Å². The van der Waals surface area contributed by atoms with Crippen molar-refractivity contribution < 1.29 is 9.59 Å². The molecule has 0 unspecified atom stereocenters. The summed E-state index contributed by atoms with van der Waals surface area (Å²) in [7, 11) is 3.25. The Morgan fingerprint density at radius 3 is 2.65 bits per heavy atom. The highest BCUT2D eigenvalue weighted by Crippen LogP contribution is 2.15. The molecule has 2 rings (SSSR count). The number of hydrogen-bond acceptors (Lipinski definition) is 4. The molecule has 0 spiro atoms. The molecule has 0 atom stereocenters. The fraction of sp³-hybridized carbons (Fsp3) is 0.333. The molecule has 2 N–H and O–H groups in total. The monoisotopic (exact) mass is 316 g/mol. The molecular weight excluding hydrogens is 296 g/mol. The fourth-order valence-electron chi connectivity index (χ4n) is 1.94. The Kier molecular flexibility index (Phi) is 5.29. The quantitative estimate of drug-likeness (QED) is 0.876. The van der Waals surface area contributed by atoms with Gasteiger partial charge in [0.2, 0.25) is 5.91 Å². The number of aryl methyl sites for hydroxylation is 1. The Morgan fingerprint density at radius 2 is 1.96 bits per heavy atom. The summed E-state index contributed by atoms with van der Waals surface area (Å²) in [6, 6.07) is 7.34. The zero-order chi connectivity index (χ0) is 16.8. The minimum absolute atomic E-state index is 0.0167. The van der Waals surface area contributed by atoms with Gasteiger partial charge in [-0.05, 0) is 18.1 Å². The van der Waals surface area contributed by atoms with E-state index in [0.717, 1.165) is 17.7 Å². The van der Waals surface area contributed by atoms with Crippen LogP contribution >= 0.6 is 0 Å². The van der Waals surface area contributed by atoms with Gasteiger partial charge in [0.1, 0.15) is 6.54 Å². The highest BCUT2D eigenvalue weighted by Gasteiger charge is 2.10. The lowest BCUT2D eigenvalue weighted by Gasteiger charge is -2.09. The number of carbonyl (C=O) groups is 2. The molecule has 0 fully saturated rings. The standard InChI is InChI=1S/C15H20N6O2/c1-4-11-7-5-6-8-12(11)16-14(22)10-21-9-13(18-19-21)17-15(23)20(2)3/h5-9H,4,10H2,1-3H3,(H,16,22)(H,17,23). The van der Waals surface area contributed by atoms with Gasteiger partial charge in [-0.1, -0.05) is 30.3 Å². The maximum atomic E-state index is 12.1. The number of carbonyl (C=O) groups excluding carboxylic acids is 2. The molecule has 0 saturated carbocycles. The van der Waals surface area contributed by atoms with Crippen molar-refractivity contribution in [3.05, 3.63) is 36.0 Å². The molecule has 8 heteroatoms. The maximum absolute atomic E-state index is 12.1. The summed E-state index contributed by atoms with van der Waals surface area (Å²) in [4.78, 5) is 25.0. The highest BCUT2D eigenvalue weighted by molar-refractivity contribution is 5.91. The molecule has 1 heterocycles. The van der Waals surface area contributed by atoms with Crippen LogP contribution in [0, 0.1) is 0 Å². The first-order chi connectivity index (χ1) is 11.0. The predicted molar refractivity (Wildman–Crippen MR) is 87.2 cm³/mol. The Morgan fingerprint density at radius 1 is 1.22 bits per heavy atom. The Balaban J connectivity index is 1.96. The third-order valence-electron chi connectivity index (χ3n) is 3.16. The lowest BCUT2D eigenvalue weighted by molar-refractivity contribution is -0.116. The molecule has 0 bridgehead atoms. The van der Waals surface area contributed by atoms with Gasteiger partial charge in [0, 0.05) is 19.8 Å². The first-order valence-electron chi connectivity index (χ1n) is 7.25. The van der Waals surface area contributed by atoms with E-state index >= 15 is 0 Å². The van der Waals surface area contributed by atoms with Gasteiger partial charge < -0.3 is 10.2 Å². The zero-order valence-electron chi connectivity index (χ0n) is 13.4. The number of aromatic nitrogens is 3. The van der Waals surface area contributed by atoms with Crippen molar-refractivity contribution in [3.8, 4) is 0 Å². The number of urea groups is 1. The Hall–Kier alpha value is -2.90. The van der Waals surface area contributed by atoms with Crippen molar-refractivity contribution in [3.63, 3.8) is 0 Å². The molecule has 8 nitrogen and oxygen atoms in total. The summed E-state index contributed by atoms with van der Waals surface area (Å²) < 4.78 is 1.37. The van der Waals surface area contributed by atoms with Crippen LogP contribution in [0.25, 0.3) is 0 Å². The molecule has 122 valence electrons. The first-order valence-corrected chi connectivity index (χ1v) is 7.25. The summed E-state index contributed by atoms with van der Waals surface area (Å²) in [5, 5.41) is 13.1. The molecule has 1 aromatic carbocycles. The van der Waals surface area contributed by atoms with Crippen molar-refractivity contribution >= 4 is 23.4 Å². The van der Waals surface area contributed by atoms with Gasteiger partial charge in [-0.25, -0.2) is 9.48 Å². The number of amides is 3. The minimum Gasteiger partial charge on any atom is -0.331 e. The molecule has 0 radical (unpaired) electrons. The van der Waals surface area contributed by atoms with E-state index in [9.17, 15) is 9.59 Å². The largest absolute Gasteiger partial charge is 0.331 e. The number of hydrogen-bond donors (Lipinski definition) is 2. The van der Waals surface area contributed by atoms with E-state index in [0.29, 0.717) is 5.82 Å². The van der Waals surface area contributed by atoms with Gasteiger partial charge in [0.15, 0.2) is 5.82 Å². The molecular formula is C15H20N6O2. The number of nitrogens with one attached hydrogen (secondary N) is 2. The third-order valence-corrected chi connectivity index (χ3v) is 3.16. The lowest BCUT2D eigenvalue weighted by atomic mass is 10.1. The smallest absolute Gasteiger partial charge is 0.322 e. The first kappa shape index (κ1) is 16.5. The summed E-state index contributed by atoms with van der Waals surface area (Å²) in [5.41, 5.74) is 1.86. The second-order valence-corrected chi connectivity index (χ2v) is 5.18. The third kappa shape index (κ3) is 4.53. The summed E-state index contributed by atoms with van der Waals surface area (Å²) >= 11 is 0. The van der Waals surface area contributed by atoms with Crippen LogP contribution in [0.3, 0.4) is 0 Å². The van der Waals surface area contributed by atoms with Crippen molar-refractivity contribution in [1.82, 2.24) is 19.9 Å². The van der Waals surface area contributed by atoms with Crippen molar-refractivity contribution in [1.29, 1.82) is 0 Å². The number of nitrogens with zero attached hydrogens (tertiary/aromatic N) is 4. The van der Waals surface area contributed by atoms with Crippen LogP contribution in [0.15, 0.2) is 30.5 Å². The molecule has 3 amide bonds. The van der Waals surface area contributed by atoms with E-state index < -0.39 is 0 Å². The summed E-state index contributed by atoms with van der Waals surface area (Å²) in [6.45, 7) is 2.05. The van der Waals surface area contributed by atoms with Crippen LogP contribution in [0.4, 0.5) is 16.3 Å². The van der Waals surface area contributed by atoms with E-state index in [1.165, 1.54) is 15.8 Å². The zero-order valence-corrected chi connectivity index (χ0v) is 13.4. The van der Waals surface area contributed by atoms with E-state index in [1.54, 1.807) is 14.1 Å². The van der Waals surface area contributed by atoms with Crippen LogP contribution in [-0.2, 0) is 17.8 Å². The number of anilines is 2. The van der Waals surface area contributed by atoms with E-state index in [4.69, 9.17) is 0 Å². The van der Waals surface area contributed by atoms with E-state index in [2.05, 4.69) is 20.9 Å². The molecule has 23 heavy (non-hydrogen) atoms. The minimum atomic E-state index is -0.307. The van der Waals surface area contributed by atoms with Gasteiger partial charge in [0.25, 0.3) is 0 Å². The summed E-state index contributed by atoms with van der Waals surface area (Å²) in [6.07, 6.45) is 2.34. The average molecular weight is 316 g/mol. The average Bonchev–Trinajstić information content (AvgIpc) is 2.94. The van der Waals surface area contributed by atoms with Gasteiger partial charge in [0.05, 0.1) is 6.20 Å². The van der Waals surface area contributed by atoms with Crippen LogP contribution < -0.4 is 10.6 Å². The molecule has 2 aromatic rings. The second-order valence-electron chi connectivity index (χ2n) is 5.18. The van der Waals surface area contributed by atoms with Gasteiger partial charge in [-0.15, -0.1) is 5.10 Å². The second kappa shape index (κ2) is 7.39. The number of benzene rings is 1. The normalized spacial score (nSPS) is 10.2. The van der Waals surface area contributed by atoms with Crippen LogP contribution in [0.5, 0.6) is 0 Å².